The van der Waals surface area contributed by atoms with E-state index in [2.05, 4.69) is 9.97 Å². The van der Waals surface area contributed by atoms with Gasteiger partial charge in [-0.1, -0.05) is 11.6 Å². The lowest BCUT2D eigenvalue weighted by atomic mass is 10.2. The molecule has 1 aromatic carbocycles. The lowest BCUT2D eigenvalue weighted by molar-refractivity contribution is 0.0880. The fourth-order valence-electron chi connectivity index (χ4n) is 3.59. The first-order chi connectivity index (χ1) is 15.0. The van der Waals surface area contributed by atoms with Gasteiger partial charge in [-0.2, -0.15) is 0 Å². The van der Waals surface area contributed by atoms with Crippen molar-refractivity contribution in [2.75, 3.05) is 18.6 Å². The number of aromatic nitrogens is 2. The number of halogens is 1. The molecule has 0 spiro atoms. The van der Waals surface area contributed by atoms with Gasteiger partial charge in [0.15, 0.2) is 17.3 Å². The van der Waals surface area contributed by atoms with E-state index in [-0.39, 0.29) is 12.5 Å². The van der Waals surface area contributed by atoms with E-state index in [1.54, 1.807) is 36.5 Å². The highest BCUT2D eigenvalue weighted by Crippen LogP contribution is 2.40. The van der Waals surface area contributed by atoms with Crippen molar-refractivity contribution in [3.63, 3.8) is 0 Å². The predicted molar refractivity (Wildman–Crippen MR) is 118 cm³/mol. The number of hydrogen-bond acceptors (Lipinski definition) is 7. The highest BCUT2D eigenvalue weighted by molar-refractivity contribution is 7.17. The van der Waals surface area contributed by atoms with Gasteiger partial charge in [-0.15, -0.1) is 11.3 Å². The van der Waals surface area contributed by atoms with Crippen molar-refractivity contribution in [1.29, 1.82) is 0 Å². The molecule has 0 unspecified atom stereocenters. The fraction of sp³-hybridized carbons (Fsp3) is 0.318. The number of carbonyl (C=O) groups excluding carboxylic acids is 1. The first-order valence-corrected chi connectivity index (χ1v) is 11.1. The Hall–Kier alpha value is -2.68. The number of amides is 1. The van der Waals surface area contributed by atoms with E-state index in [0.29, 0.717) is 39.7 Å². The molecule has 1 atom stereocenters. The average Bonchev–Trinajstić information content (AvgIpc) is 3.48. The molecule has 0 saturated heterocycles. The smallest absolute Gasteiger partial charge is 0.269 e. The molecule has 1 amide bonds. The molecule has 160 valence electrons. The molecule has 31 heavy (non-hydrogen) atoms. The van der Waals surface area contributed by atoms with Crippen LogP contribution in [0.3, 0.4) is 0 Å². The minimum Gasteiger partial charge on any atom is -0.493 e. The molecule has 1 fully saturated rings. The summed E-state index contributed by atoms with van der Waals surface area (Å²) in [5.41, 5.74) is 1.67. The molecule has 1 aliphatic carbocycles. The van der Waals surface area contributed by atoms with E-state index in [0.717, 1.165) is 29.0 Å². The number of aliphatic hydroxyl groups excluding tert-OH is 1. The second kappa shape index (κ2) is 8.11. The van der Waals surface area contributed by atoms with Crippen molar-refractivity contribution in [3.05, 3.63) is 52.1 Å². The topological polar surface area (TPSA) is 84.8 Å². The van der Waals surface area contributed by atoms with E-state index in [1.165, 1.54) is 11.3 Å². The van der Waals surface area contributed by atoms with Gasteiger partial charge in [0.2, 0.25) is 0 Å². The molecule has 1 aliphatic heterocycles. The summed E-state index contributed by atoms with van der Waals surface area (Å²) >= 11 is 7.24. The number of fused-ring (bicyclic) bond motifs is 1. The molecule has 3 aromatic rings. The number of rotatable bonds is 7. The monoisotopic (exact) mass is 457 g/mol. The SMILES string of the molecule is COc1cc(N2Cc3cc(-c4ncc(Cl)cn4)sc3C2=O)ccc1OC[C@H](O)C1CC1. The number of ether oxygens (including phenoxy) is 2. The number of thiophene rings is 1. The molecular formula is C22H20ClN3O4S. The van der Waals surface area contributed by atoms with E-state index < -0.39 is 6.10 Å². The Kier molecular flexibility index (Phi) is 5.29. The zero-order valence-electron chi connectivity index (χ0n) is 16.7. The summed E-state index contributed by atoms with van der Waals surface area (Å²) < 4.78 is 11.2. The summed E-state index contributed by atoms with van der Waals surface area (Å²) in [5, 5.41) is 10.5. The Bertz CT molecular complexity index is 1130. The Morgan fingerprint density at radius 2 is 2.03 bits per heavy atom. The van der Waals surface area contributed by atoms with Gasteiger partial charge in [-0.25, -0.2) is 9.97 Å². The number of carbonyl (C=O) groups is 1. The Morgan fingerprint density at radius 1 is 1.26 bits per heavy atom. The van der Waals surface area contributed by atoms with Crippen molar-refractivity contribution in [3.8, 4) is 22.2 Å². The van der Waals surface area contributed by atoms with Gasteiger partial charge in [-0.3, -0.25) is 4.79 Å². The number of aliphatic hydroxyl groups is 1. The Labute approximate surface area is 188 Å². The maximum atomic E-state index is 13.0. The molecule has 1 saturated carbocycles. The zero-order valence-corrected chi connectivity index (χ0v) is 18.3. The molecule has 2 aliphatic rings. The van der Waals surface area contributed by atoms with Crippen LogP contribution in [0.15, 0.2) is 36.7 Å². The van der Waals surface area contributed by atoms with Crippen molar-refractivity contribution < 1.29 is 19.4 Å². The zero-order chi connectivity index (χ0) is 21.5. The molecule has 5 rings (SSSR count). The third-order valence-electron chi connectivity index (χ3n) is 5.45. The highest BCUT2D eigenvalue weighted by atomic mass is 35.5. The number of nitrogens with zero attached hydrogens (tertiary/aromatic N) is 3. The van der Waals surface area contributed by atoms with Gasteiger partial charge >= 0.3 is 0 Å². The standard InChI is InChI=1S/C22H20ClN3O4S/c1-29-18-7-15(4-5-17(18)30-11-16(27)12-2-3-12)26-10-13-6-19(31-20(13)22(26)28)21-24-8-14(23)9-25-21/h4-9,12,16,27H,2-3,10-11H2,1H3/t16-/m0/s1. The van der Waals surface area contributed by atoms with E-state index in [9.17, 15) is 9.90 Å². The first kappa shape index (κ1) is 20.2. The molecule has 3 heterocycles. The van der Waals surface area contributed by atoms with Crippen molar-refractivity contribution in [2.24, 2.45) is 5.92 Å². The fourth-order valence-corrected chi connectivity index (χ4v) is 4.75. The third-order valence-corrected chi connectivity index (χ3v) is 6.81. The van der Waals surface area contributed by atoms with Gasteiger partial charge in [0, 0.05) is 24.1 Å². The molecular weight excluding hydrogens is 438 g/mol. The van der Waals surface area contributed by atoms with Gasteiger partial charge in [0.1, 0.15) is 6.61 Å². The first-order valence-electron chi connectivity index (χ1n) is 9.95. The molecule has 1 N–H and O–H groups in total. The number of methoxy groups -OCH3 is 1. The number of benzene rings is 1. The lowest BCUT2D eigenvalue weighted by Crippen LogP contribution is -2.23. The van der Waals surface area contributed by atoms with Gasteiger partial charge in [-0.05, 0) is 42.5 Å². The van der Waals surface area contributed by atoms with E-state index in [4.69, 9.17) is 21.1 Å². The van der Waals surface area contributed by atoms with Gasteiger partial charge in [0.25, 0.3) is 5.91 Å². The normalized spacial score (nSPS) is 16.4. The second-order valence-electron chi connectivity index (χ2n) is 7.63. The van der Waals surface area contributed by atoms with E-state index >= 15 is 0 Å². The second-order valence-corrected chi connectivity index (χ2v) is 9.12. The van der Waals surface area contributed by atoms with Gasteiger partial charge in [0.05, 0.1) is 34.5 Å². The summed E-state index contributed by atoms with van der Waals surface area (Å²) in [6.45, 7) is 0.692. The van der Waals surface area contributed by atoms with Crippen LogP contribution >= 0.6 is 22.9 Å². The van der Waals surface area contributed by atoms with Crippen LogP contribution in [-0.4, -0.2) is 40.8 Å². The van der Waals surface area contributed by atoms with Crippen molar-refractivity contribution in [2.45, 2.75) is 25.5 Å². The van der Waals surface area contributed by atoms with Crippen LogP contribution in [0.4, 0.5) is 5.69 Å². The summed E-state index contributed by atoms with van der Waals surface area (Å²) in [4.78, 5) is 24.7. The largest absolute Gasteiger partial charge is 0.493 e. The maximum Gasteiger partial charge on any atom is 0.269 e. The average molecular weight is 458 g/mol. The molecule has 0 bridgehead atoms. The Balaban J connectivity index is 1.33. The minimum absolute atomic E-state index is 0.0694. The summed E-state index contributed by atoms with van der Waals surface area (Å²) in [5.74, 6) is 1.91. The van der Waals surface area contributed by atoms with Crippen LogP contribution in [0.1, 0.15) is 28.1 Å². The molecule has 9 heteroatoms. The van der Waals surface area contributed by atoms with Crippen LogP contribution < -0.4 is 14.4 Å². The predicted octanol–water partition coefficient (Wildman–Crippen LogP) is 4.18. The van der Waals surface area contributed by atoms with Crippen molar-refractivity contribution in [1.82, 2.24) is 9.97 Å². The summed E-state index contributed by atoms with van der Waals surface area (Å²) in [7, 11) is 1.56. The molecule has 2 aromatic heterocycles. The van der Waals surface area contributed by atoms with E-state index in [1.807, 2.05) is 12.1 Å². The highest BCUT2D eigenvalue weighted by Gasteiger charge is 2.33. The van der Waals surface area contributed by atoms with Crippen molar-refractivity contribution >= 4 is 34.5 Å². The van der Waals surface area contributed by atoms with Crippen LogP contribution in [0.2, 0.25) is 5.02 Å². The maximum absolute atomic E-state index is 13.0. The Morgan fingerprint density at radius 3 is 2.71 bits per heavy atom. The quantitative estimate of drug-likeness (QED) is 0.573. The van der Waals surface area contributed by atoms with Crippen LogP contribution in [0, 0.1) is 5.92 Å². The molecule has 0 radical (unpaired) electrons. The van der Waals surface area contributed by atoms with Crippen LogP contribution in [0.5, 0.6) is 11.5 Å². The lowest BCUT2D eigenvalue weighted by Gasteiger charge is -2.19. The summed E-state index contributed by atoms with van der Waals surface area (Å²) in [6, 6.07) is 7.35. The number of anilines is 1. The minimum atomic E-state index is -0.459. The van der Waals surface area contributed by atoms with Crippen LogP contribution in [-0.2, 0) is 6.54 Å². The molecule has 7 nitrogen and oxygen atoms in total. The summed E-state index contributed by atoms with van der Waals surface area (Å²) in [6.07, 6.45) is 4.73. The van der Waals surface area contributed by atoms with Crippen LogP contribution in [0.25, 0.3) is 10.7 Å². The number of hydrogen-bond donors (Lipinski definition) is 1. The van der Waals surface area contributed by atoms with Gasteiger partial charge < -0.3 is 19.5 Å². The third kappa shape index (κ3) is 3.98.